The molecule has 5 rings (SSSR count). The minimum atomic E-state index is -0.622. The van der Waals surface area contributed by atoms with Gasteiger partial charge in [0, 0.05) is 42.6 Å². The highest BCUT2D eigenvalue weighted by atomic mass is 16.6. The number of hydrogen-bond donors (Lipinski definition) is 3. The molecule has 0 aliphatic carbocycles. The Kier molecular flexibility index (Phi) is 12.5. The fourth-order valence-corrected chi connectivity index (χ4v) is 6.78. The number of nitrogens with zero attached hydrogens (tertiary/aromatic N) is 2. The summed E-state index contributed by atoms with van der Waals surface area (Å²) in [5, 5.41) is 9.34. The predicted octanol–water partition coefficient (Wildman–Crippen LogP) is 9.62. The van der Waals surface area contributed by atoms with Gasteiger partial charge in [-0.3, -0.25) is 5.32 Å². The summed E-state index contributed by atoms with van der Waals surface area (Å²) in [4.78, 5) is 33.5. The van der Waals surface area contributed by atoms with Crippen molar-refractivity contribution in [1.29, 1.82) is 0 Å². The number of anilines is 3. The summed E-state index contributed by atoms with van der Waals surface area (Å²) >= 11 is 0. The molecule has 1 saturated heterocycles. The first kappa shape index (κ1) is 39.0. The van der Waals surface area contributed by atoms with E-state index in [9.17, 15) is 9.59 Å². The molecule has 10 heteroatoms. The van der Waals surface area contributed by atoms with Crippen molar-refractivity contribution in [3.05, 3.63) is 107 Å². The first-order valence-electron chi connectivity index (χ1n) is 18.5. The summed E-state index contributed by atoms with van der Waals surface area (Å²) in [6, 6.07) is 25.7. The SMILES string of the molecule is COc1cccc(C2(CNC(=O)Nc3c(C(C)C)cc(NC(=O)OC(C)(C)C)cc3C(C)C)CCN(c3ncccc3OCc3ccccc3)CC2)c1. The van der Waals surface area contributed by atoms with Gasteiger partial charge in [-0.2, -0.15) is 0 Å². The van der Waals surface area contributed by atoms with Crippen LogP contribution in [0.3, 0.4) is 0 Å². The fourth-order valence-electron chi connectivity index (χ4n) is 6.78. The van der Waals surface area contributed by atoms with Crippen LogP contribution < -0.4 is 30.3 Å². The van der Waals surface area contributed by atoms with Crippen LogP contribution in [0.5, 0.6) is 11.5 Å². The average Bonchev–Trinajstić information content (AvgIpc) is 3.13. The van der Waals surface area contributed by atoms with Gasteiger partial charge in [0.15, 0.2) is 11.6 Å². The van der Waals surface area contributed by atoms with E-state index in [0.29, 0.717) is 18.8 Å². The maximum Gasteiger partial charge on any atom is 0.412 e. The Morgan fingerprint density at radius 3 is 2.17 bits per heavy atom. The number of amides is 3. The topological polar surface area (TPSA) is 114 Å². The van der Waals surface area contributed by atoms with Crippen LogP contribution >= 0.6 is 0 Å². The quantitative estimate of drug-likeness (QED) is 0.134. The Hall–Kier alpha value is -5.25. The fraction of sp³-hybridized carbons (Fsp3) is 0.419. The zero-order chi connectivity index (χ0) is 38.2. The largest absolute Gasteiger partial charge is 0.497 e. The Bertz CT molecular complexity index is 1820. The molecule has 1 fully saturated rings. The zero-order valence-corrected chi connectivity index (χ0v) is 32.4. The molecule has 0 unspecified atom stereocenters. The third-order valence-electron chi connectivity index (χ3n) is 9.60. The van der Waals surface area contributed by atoms with Crippen molar-refractivity contribution < 1.29 is 23.8 Å². The lowest BCUT2D eigenvalue weighted by molar-refractivity contribution is 0.0636. The minimum Gasteiger partial charge on any atom is -0.497 e. The molecule has 1 aliphatic rings. The number of carbonyl (C=O) groups is 2. The number of hydrogen-bond acceptors (Lipinski definition) is 7. The summed E-state index contributed by atoms with van der Waals surface area (Å²) in [5.74, 6) is 2.49. The molecule has 0 spiro atoms. The molecule has 3 amide bonds. The second kappa shape index (κ2) is 17.1. The van der Waals surface area contributed by atoms with E-state index in [0.717, 1.165) is 71.2 Å². The molecular weight excluding hydrogens is 667 g/mol. The van der Waals surface area contributed by atoms with Crippen LogP contribution in [0.25, 0.3) is 0 Å². The lowest BCUT2D eigenvalue weighted by atomic mass is 9.72. The van der Waals surface area contributed by atoms with Gasteiger partial charge >= 0.3 is 12.1 Å². The van der Waals surface area contributed by atoms with Crippen LogP contribution in [0.2, 0.25) is 0 Å². The van der Waals surface area contributed by atoms with Gasteiger partial charge in [-0.15, -0.1) is 0 Å². The van der Waals surface area contributed by atoms with Crippen LogP contribution in [-0.4, -0.2) is 49.5 Å². The van der Waals surface area contributed by atoms with Gasteiger partial charge in [0.2, 0.25) is 0 Å². The number of benzene rings is 3. The molecule has 1 aliphatic heterocycles. The van der Waals surface area contributed by atoms with Crippen molar-refractivity contribution in [3.8, 4) is 11.5 Å². The number of nitrogens with one attached hydrogen (secondary N) is 3. The second-order valence-electron chi connectivity index (χ2n) is 15.4. The highest BCUT2D eigenvalue weighted by Gasteiger charge is 2.38. The molecule has 0 bridgehead atoms. The van der Waals surface area contributed by atoms with Crippen LogP contribution in [0.15, 0.2) is 85.1 Å². The van der Waals surface area contributed by atoms with Gasteiger partial charge < -0.3 is 29.7 Å². The predicted molar refractivity (Wildman–Crippen MR) is 213 cm³/mol. The van der Waals surface area contributed by atoms with E-state index in [1.54, 1.807) is 13.3 Å². The van der Waals surface area contributed by atoms with Gasteiger partial charge in [0.25, 0.3) is 0 Å². The minimum absolute atomic E-state index is 0.0730. The number of piperidine rings is 1. The maximum absolute atomic E-state index is 13.9. The van der Waals surface area contributed by atoms with Crippen LogP contribution in [0.4, 0.5) is 26.8 Å². The monoisotopic (exact) mass is 721 g/mol. The van der Waals surface area contributed by atoms with E-state index in [4.69, 9.17) is 19.2 Å². The van der Waals surface area contributed by atoms with Gasteiger partial charge in [0.05, 0.1) is 7.11 Å². The van der Waals surface area contributed by atoms with Crippen LogP contribution in [0.1, 0.15) is 95.4 Å². The molecule has 53 heavy (non-hydrogen) atoms. The molecule has 0 radical (unpaired) electrons. The lowest BCUT2D eigenvalue weighted by Crippen LogP contribution is -2.50. The van der Waals surface area contributed by atoms with Crippen LogP contribution in [0, 0.1) is 0 Å². The number of rotatable bonds is 12. The number of carbonyl (C=O) groups excluding carboxylic acids is 2. The summed E-state index contributed by atoms with van der Waals surface area (Å²) in [5.41, 5.74) is 4.46. The van der Waals surface area contributed by atoms with Crippen molar-refractivity contribution in [2.45, 2.75) is 90.8 Å². The molecule has 2 heterocycles. The van der Waals surface area contributed by atoms with Gasteiger partial charge in [-0.05, 0) is 104 Å². The second-order valence-corrected chi connectivity index (χ2v) is 15.4. The van der Waals surface area contributed by atoms with E-state index in [2.05, 4.69) is 72.8 Å². The third-order valence-corrected chi connectivity index (χ3v) is 9.60. The van der Waals surface area contributed by atoms with Gasteiger partial charge in [-0.1, -0.05) is 70.2 Å². The number of aromatic nitrogens is 1. The molecule has 10 nitrogen and oxygen atoms in total. The van der Waals surface area contributed by atoms with E-state index in [1.165, 1.54) is 0 Å². The van der Waals surface area contributed by atoms with Crippen molar-refractivity contribution in [3.63, 3.8) is 0 Å². The van der Waals surface area contributed by atoms with Crippen molar-refractivity contribution >= 4 is 29.3 Å². The first-order chi connectivity index (χ1) is 25.3. The van der Waals surface area contributed by atoms with E-state index in [-0.39, 0.29) is 23.3 Å². The Morgan fingerprint density at radius 1 is 0.868 bits per heavy atom. The Labute approximate surface area is 314 Å². The highest BCUT2D eigenvalue weighted by Crippen LogP contribution is 2.40. The van der Waals surface area contributed by atoms with Crippen LogP contribution in [-0.2, 0) is 16.8 Å². The lowest BCUT2D eigenvalue weighted by Gasteiger charge is -2.43. The van der Waals surface area contributed by atoms with E-state index in [1.807, 2.05) is 75.4 Å². The Morgan fingerprint density at radius 2 is 1.55 bits per heavy atom. The molecule has 282 valence electrons. The smallest absolute Gasteiger partial charge is 0.412 e. The number of methoxy groups -OCH3 is 1. The molecule has 0 atom stereocenters. The van der Waals surface area contributed by atoms with Crippen molar-refractivity contribution in [2.75, 3.05) is 42.3 Å². The Balaban J connectivity index is 1.35. The normalized spacial score (nSPS) is 14.1. The van der Waals surface area contributed by atoms with E-state index < -0.39 is 11.7 Å². The van der Waals surface area contributed by atoms with Crippen molar-refractivity contribution in [2.24, 2.45) is 0 Å². The average molecular weight is 722 g/mol. The number of pyridine rings is 1. The summed E-state index contributed by atoms with van der Waals surface area (Å²) in [6.07, 6.45) is 2.83. The number of urea groups is 1. The summed E-state index contributed by atoms with van der Waals surface area (Å²) < 4.78 is 17.4. The van der Waals surface area contributed by atoms with E-state index >= 15 is 0 Å². The molecule has 0 saturated carbocycles. The molecule has 4 aromatic rings. The first-order valence-corrected chi connectivity index (χ1v) is 18.5. The van der Waals surface area contributed by atoms with Gasteiger partial charge in [-0.25, -0.2) is 14.6 Å². The zero-order valence-electron chi connectivity index (χ0n) is 32.4. The molecule has 3 aromatic carbocycles. The maximum atomic E-state index is 13.9. The summed E-state index contributed by atoms with van der Waals surface area (Å²) in [6.45, 7) is 16.1. The van der Waals surface area contributed by atoms with Gasteiger partial charge in [0.1, 0.15) is 18.0 Å². The third kappa shape index (κ3) is 10.2. The molecule has 1 aromatic heterocycles. The standard InChI is InChI=1S/C43H55N5O5/c1-29(2)35-25-33(46-41(50)53-42(5,6)7)26-36(30(3)4)38(35)47-40(49)45-28-43(32-16-12-17-34(24-32)51-8)19-22-48(23-20-43)39-37(18-13-21-44-39)52-27-31-14-10-9-11-15-31/h9-18,21,24-26,29-30H,19-20,22-23,27-28H2,1-8H3,(H,46,50)(H2,45,47,49). The highest BCUT2D eigenvalue weighted by molar-refractivity contribution is 5.93. The molecular formula is C43H55N5O5. The van der Waals surface area contributed by atoms with Crippen molar-refractivity contribution in [1.82, 2.24) is 10.3 Å². The number of ether oxygens (including phenoxy) is 3. The summed E-state index contributed by atoms with van der Waals surface area (Å²) in [7, 11) is 1.67. The molecule has 3 N–H and O–H groups in total.